The molecule has 0 heterocycles. The van der Waals surface area contributed by atoms with Crippen LogP contribution in [0.1, 0.15) is 73.5 Å². The van der Waals surface area contributed by atoms with Gasteiger partial charge in [-0.05, 0) is 91.8 Å². The van der Waals surface area contributed by atoms with E-state index < -0.39 is 24.3 Å². The topological polar surface area (TPSA) is 98.7 Å². The number of hydrogen-bond acceptors (Lipinski definition) is 3. The lowest BCUT2D eigenvalue weighted by Gasteiger charge is -2.41. The second kappa shape index (κ2) is 12.1. The Morgan fingerprint density at radius 2 is 1.51 bits per heavy atom. The number of nitrogens with one attached hydrogen (secondary N) is 2. The molecule has 1 saturated carbocycles. The molecule has 0 radical (unpaired) electrons. The number of benzene rings is 2. The van der Waals surface area contributed by atoms with Crippen molar-refractivity contribution < 1.29 is 28.3 Å². The Labute approximate surface area is 229 Å². The number of urea groups is 1. The molecular weight excluding hydrogens is 504 g/mol. The molecule has 3 N–H and O–H groups in total. The maximum Gasteiger partial charge on any atom is 0.376 e. The van der Waals surface area contributed by atoms with Gasteiger partial charge < -0.3 is 20.6 Å². The quantitative estimate of drug-likeness (QED) is 0.359. The van der Waals surface area contributed by atoms with Gasteiger partial charge in [0, 0.05) is 23.8 Å². The largest absolute Gasteiger partial charge is 0.477 e. The molecule has 0 aromatic heterocycles. The molecule has 1 aliphatic carbocycles. The number of carbonyl (C=O) groups is 3. The zero-order valence-corrected chi connectivity index (χ0v) is 23.3. The molecule has 0 saturated heterocycles. The lowest BCUT2D eigenvalue weighted by Crippen LogP contribution is -2.45. The van der Waals surface area contributed by atoms with Gasteiger partial charge in [0.25, 0.3) is 5.91 Å². The number of aliphatic carboxylic acids is 1. The summed E-state index contributed by atoms with van der Waals surface area (Å²) in [6.07, 6.45) is 3.84. The molecule has 3 amide bonds. The summed E-state index contributed by atoms with van der Waals surface area (Å²) >= 11 is 0. The molecule has 9 heteroatoms. The number of rotatable bonds is 8. The number of carboxylic acids is 1. The average Bonchev–Trinajstić information content (AvgIpc) is 2.85. The normalized spacial score (nSPS) is 17.8. The fraction of sp³-hybridized carbons (Fsp3) is 0.500. The van der Waals surface area contributed by atoms with Crippen LogP contribution in [0.5, 0.6) is 0 Å². The van der Waals surface area contributed by atoms with Crippen LogP contribution >= 0.6 is 0 Å². The summed E-state index contributed by atoms with van der Waals surface area (Å²) in [5.74, 6) is -6.56. The summed E-state index contributed by atoms with van der Waals surface area (Å²) in [6.45, 7) is 9.74. The van der Waals surface area contributed by atoms with Gasteiger partial charge in [-0.25, -0.2) is 9.59 Å². The van der Waals surface area contributed by atoms with Gasteiger partial charge in [-0.1, -0.05) is 39.0 Å². The summed E-state index contributed by atoms with van der Waals surface area (Å²) in [5, 5.41) is 13.5. The zero-order chi connectivity index (χ0) is 29.0. The maximum absolute atomic E-state index is 13.6. The molecule has 0 unspecified atom stereocenters. The smallest absolute Gasteiger partial charge is 0.376 e. The van der Waals surface area contributed by atoms with Crippen molar-refractivity contribution in [3.63, 3.8) is 0 Å². The molecule has 2 aromatic rings. The van der Waals surface area contributed by atoms with Crippen LogP contribution in [-0.2, 0) is 11.3 Å². The molecule has 0 spiro atoms. The molecule has 39 heavy (non-hydrogen) atoms. The predicted octanol–water partition coefficient (Wildman–Crippen LogP) is 6.39. The molecule has 3 rings (SSSR count). The first kappa shape index (κ1) is 30.1. The Morgan fingerprint density at radius 3 is 2.03 bits per heavy atom. The zero-order valence-electron chi connectivity index (χ0n) is 23.3. The van der Waals surface area contributed by atoms with Gasteiger partial charge >= 0.3 is 17.9 Å². The second-order valence-corrected chi connectivity index (χ2v) is 11.7. The van der Waals surface area contributed by atoms with Gasteiger partial charge in [-0.2, -0.15) is 8.78 Å². The maximum atomic E-state index is 13.6. The van der Waals surface area contributed by atoms with E-state index in [-0.39, 0.29) is 23.1 Å². The fourth-order valence-electron chi connectivity index (χ4n) is 5.19. The number of carboxylic acid groups (broad SMARTS) is 1. The first-order chi connectivity index (χ1) is 18.2. The van der Waals surface area contributed by atoms with E-state index in [2.05, 4.69) is 26.1 Å². The molecule has 0 aliphatic heterocycles. The standard InChI is InChI=1S/C30H39F2N3O4/c1-19-14-20(2)16-24(15-19)34-28(39)35(25-12-10-23(11-13-25)29(3,4)5)17-21-6-8-22(9-7-21)26(36)33-18-30(31,32)27(37)38/h6-9,14-16,23,25H,10-13,17-18H2,1-5H3,(H,33,36)(H,34,39)(H,37,38). The summed E-state index contributed by atoms with van der Waals surface area (Å²) in [6, 6.07) is 12.1. The van der Waals surface area contributed by atoms with E-state index in [9.17, 15) is 23.2 Å². The average molecular weight is 544 g/mol. The third kappa shape index (κ3) is 8.25. The van der Waals surface area contributed by atoms with Gasteiger partial charge in [0.1, 0.15) is 0 Å². The molecule has 7 nitrogen and oxygen atoms in total. The molecule has 2 aromatic carbocycles. The van der Waals surface area contributed by atoms with Crippen LogP contribution in [0, 0.1) is 25.2 Å². The molecule has 212 valence electrons. The minimum Gasteiger partial charge on any atom is -0.477 e. The lowest BCUT2D eigenvalue weighted by molar-refractivity contribution is -0.163. The van der Waals surface area contributed by atoms with E-state index in [1.807, 2.05) is 42.3 Å². The molecule has 1 fully saturated rings. The van der Waals surface area contributed by atoms with Gasteiger partial charge in [0.2, 0.25) is 0 Å². The van der Waals surface area contributed by atoms with Crippen LogP contribution in [0.4, 0.5) is 19.3 Å². The van der Waals surface area contributed by atoms with E-state index in [1.54, 1.807) is 12.1 Å². The van der Waals surface area contributed by atoms with E-state index in [0.29, 0.717) is 12.5 Å². The highest BCUT2D eigenvalue weighted by Crippen LogP contribution is 2.39. The molecule has 1 aliphatic rings. The van der Waals surface area contributed by atoms with Crippen LogP contribution in [0.15, 0.2) is 42.5 Å². The lowest BCUT2D eigenvalue weighted by atomic mass is 9.71. The first-order valence-electron chi connectivity index (χ1n) is 13.3. The molecule has 0 bridgehead atoms. The summed E-state index contributed by atoms with van der Waals surface area (Å²) in [5.41, 5.74) is 3.96. The van der Waals surface area contributed by atoms with Crippen LogP contribution < -0.4 is 10.6 Å². The first-order valence-corrected chi connectivity index (χ1v) is 13.3. The van der Waals surface area contributed by atoms with Crippen molar-refractivity contribution in [1.29, 1.82) is 0 Å². The molecular formula is C30H39F2N3O4. The number of halogens is 2. The van der Waals surface area contributed by atoms with E-state index in [1.165, 1.54) is 12.1 Å². The van der Waals surface area contributed by atoms with Crippen LogP contribution in [0.3, 0.4) is 0 Å². The minimum atomic E-state index is -4.05. The Kier molecular flexibility index (Phi) is 9.35. The van der Waals surface area contributed by atoms with Crippen molar-refractivity contribution in [2.24, 2.45) is 11.3 Å². The molecule has 0 atom stereocenters. The predicted molar refractivity (Wildman–Crippen MR) is 147 cm³/mol. The monoisotopic (exact) mass is 543 g/mol. The van der Waals surface area contributed by atoms with Crippen molar-refractivity contribution >= 4 is 23.6 Å². The number of aryl methyl sites for hydroxylation is 2. The Balaban J connectivity index is 1.75. The van der Waals surface area contributed by atoms with Crippen LogP contribution in [-0.4, -0.2) is 46.4 Å². The number of hydrogen-bond donors (Lipinski definition) is 3. The fourth-order valence-corrected chi connectivity index (χ4v) is 5.19. The number of alkyl halides is 2. The summed E-state index contributed by atoms with van der Waals surface area (Å²) < 4.78 is 26.6. The Bertz CT molecular complexity index is 1160. The van der Waals surface area contributed by atoms with E-state index in [0.717, 1.165) is 48.1 Å². The number of carbonyl (C=O) groups excluding carboxylic acids is 2. The van der Waals surface area contributed by atoms with Crippen molar-refractivity contribution in [2.45, 2.75) is 78.8 Å². The van der Waals surface area contributed by atoms with Gasteiger partial charge in [0.05, 0.1) is 6.54 Å². The highest BCUT2D eigenvalue weighted by Gasteiger charge is 2.39. The Hall–Kier alpha value is -3.49. The third-order valence-electron chi connectivity index (χ3n) is 7.45. The highest BCUT2D eigenvalue weighted by molar-refractivity contribution is 5.94. The third-order valence-corrected chi connectivity index (χ3v) is 7.45. The SMILES string of the molecule is Cc1cc(C)cc(NC(=O)N(Cc2ccc(C(=O)NCC(F)(F)C(=O)O)cc2)C2CCC(C(C)(C)C)CC2)c1. The second-order valence-electron chi connectivity index (χ2n) is 11.7. The van der Waals surface area contributed by atoms with Gasteiger partial charge in [-0.3, -0.25) is 4.79 Å². The van der Waals surface area contributed by atoms with Gasteiger partial charge in [-0.15, -0.1) is 0 Å². The number of amides is 3. The minimum absolute atomic E-state index is 0.0516. The van der Waals surface area contributed by atoms with Gasteiger partial charge in [0.15, 0.2) is 0 Å². The number of nitrogens with zero attached hydrogens (tertiary/aromatic N) is 1. The Morgan fingerprint density at radius 1 is 0.949 bits per heavy atom. The van der Waals surface area contributed by atoms with Crippen molar-refractivity contribution in [3.8, 4) is 0 Å². The summed E-state index contributed by atoms with van der Waals surface area (Å²) in [4.78, 5) is 38.2. The van der Waals surface area contributed by atoms with Crippen LogP contribution in [0.25, 0.3) is 0 Å². The van der Waals surface area contributed by atoms with Crippen molar-refractivity contribution in [3.05, 3.63) is 64.7 Å². The highest BCUT2D eigenvalue weighted by atomic mass is 19.3. The number of anilines is 1. The van der Waals surface area contributed by atoms with Crippen LogP contribution in [0.2, 0.25) is 0 Å². The van der Waals surface area contributed by atoms with E-state index >= 15 is 0 Å². The van der Waals surface area contributed by atoms with Crippen molar-refractivity contribution in [1.82, 2.24) is 10.2 Å². The van der Waals surface area contributed by atoms with Crippen molar-refractivity contribution in [2.75, 3.05) is 11.9 Å². The summed E-state index contributed by atoms with van der Waals surface area (Å²) in [7, 11) is 0. The van der Waals surface area contributed by atoms with E-state index in [4.69, 9.17) is 5.11 Å².